The maximum absolute atomic E-state index is 5.55. The van der Waals surface area contributed by atoms with Crippen LogP contribution in [0, 0.1) is 0 Å². The molecular weight excluding hydrogens is 260 g/mol. The topological polar surface area (TPSA) is 24.5 Å². The van der Waals surface area contributed by atoms with Gasteiger partial charge in [0.1, 0.15) is 6.10 Å². The zero-order valence-corrected chi connectivity index (χ0v) is 13.3. The molecule has 0 spiro atoms. The van der Waals surface area contributed by atoms with Crippen LogP contribution in [0.15, 0.2) is 36.6 Å². The first kappa shape index (κ1) is 16.1. The van der Waals surface area contributed by atoms with Gasteiger partial charge in [-0.25, -0.2) is 0 Å². The second-order valence-corrected chi connectivity index (χ2v) is 5.62. The van der Waals surface area contributed by atoms with Crippen molar-refractivity contribution in [2.24, 2.45) is 0 Å². The van der Waals surface area contributed by atoms with Crippen molar-refractivity contribution in [1.29, 1.82) is 0 Å². The Bertz CT molecular complexity index is 423. The Morgan fingerprint density at radius 3 is 2.48 bits per heavy atom. The molecule has 116 valence electrons. The molecule has 3 nitrogen and oxygen atoms in total. The SMILES string of the molecule is CCN(CC)Cc1ccc(CNCC2CCC=CO2)cc1. The van der Waals surface area contributed by atoms with Crippen molar-refractivity contribution >= 4 is 0 Å². The van der Waals surface area contributed by atoms with Crippen LogP contribution in [-0.4, -0.2) is 30.6 Å². The molecule has 2 rings (SSSR count). The minimum Gasteiger partial charge on any atom is -0.497 e. The summed E-state index contributed by atoms with van der Waals surface area (Å²) in [6.07, 6.45) is 6.50. The quantitative estimate of drug-likeness (QED) is 0.794. The van der Waals surface area contributed by atoms with Crippen molar-refractivity contribution in [2.75, 3.05) is 19.6 Å². The largest absolute Gasteiger partial charge is 0.497 e. The number of benzene rings is 1. The average Bonchev–Trinajstić information content (AvgIpc) is 2.55. The molecule has 1 N–H and O–H groups in total. The summed E-state index contributed by atoms with van der Waals surface area (Å²) in [5.74, 6) is 0. The van der Waals surface area contributed by atoms with Crippen molar-refractivity contribution in [3.05, 3.63) is 47.7 Å². The highest BCUT2D eigenvalue weighted by molar-refractivity contribution is 5.22. The zero-order chi connectivity index (χ0) is 14.9. The third-order valence-electron chi connectivity index (χ3n) is 4.05. The van der Waals surface area contributed by atoms with Crippen LogP contribution in [0.2, 0.25) is 0 Å². The average molecular weight is 288 g/mol. The normalized spacial score (nSPS) is 18.0. The van der Waals surface area contributed by atoms with Crippen molar-refractivity contribution in [1.82, 2.24) is 10.2 Å². The minimum atomic E-state index is 0.330. The molecule has 1 aliphatic rings. The van der Waals surface area contributed by atoms with E-state index in [-0.39, 0.29) is 0 Å². The molecule has 3 heteroatoms. The molecule has 1 aromatic rings. The van der Waals surface area contributed by atoms with Crippen molar-refractivity contribution in [3.63, 3.8) is 0 Å². The van der Waals surface area contributed by atoms with E-state index >= 15 is 0 Å². The van der Waals surface area contributed by atoms with E-state index in [0.717, 1.165) is 45.6 Å². The van der Waals surface area contributed by atoms with Crippen LogP contribution in [0.4, 0.5) is 0 Å². The number of nitrogens with one attached hydrogen (secondary N) is 1. The van der Waals surface area contributed by atoms with Gasteiger partial charge in [-0.05, 0) is 43.1 Å². The van der Waals surface area contributed by atoms with E-state index in [1.165, 1.54) is 11.1 Å². The van der Waals surface area contributed by atoms with E-state index in [1.54, 1.807) is 0 Å². The fourth-order valence-corrected chi connectivity index (χ4v) is 2.58. The Morgan fingerprint density at radius 1 is 1.14 bits per heavy atom. The third kappa shape index (κ3) is 5.52. The van der Waals surface area contributed by atoms with Crippen LogP contribution < -0.4 is 5.32 Å². The summed E-state index contributed by atoms with van der Waals surface area (Å²) >= 11 is 0. The molecule has 1 aromatic carbocycles. The van der Waals surface area contributed by atoms with E-state index < -0.39 is 0 Å². The van der Waals surface area contributed by atoms with Gasteiger partial charge in [0.2, 0.25) is 0 Å². The van der Waals surface area contributed by atoms with Gasteiger partial charge in [0.15, 0.2) is 0 Å². The fourth-order valence-electron chi connectivity index (χ4n) is 2.58. The van der Waals surface area contributed by atoms with Crippen molar-refractivity contribution in [2.45, 2.75) is 45.9 Å². The van der Waals surface area contributed by atoms with E-state index in [1.807, 2.05) is 6.26 Å². The van der Waals surface area contributed by atoms with Gasteiger partial charge in [-0.3, -0.25) is 4.90 Å². The lowest BCUT2D eigenvalue weighted by molar-refractivity contribution is 0.122. The maximum atomic E-state index is 5.55. The highest BCUT2D eigenvalue weighted by atomic mass is 16.5. The molecule has 1 atom stereocenters. The Morgan fingerprint density at radius 2 is 1.86 bits per heavy atom. The number of allylic oxidation sites excluding steroid dienone is 1. The first-order chi connectivity index (χ1) is 10.3. The number of ether oxygens (including phenoxy) is 1. The minimum absolute atomic E-state index is 0.330. The molecule has 1 heterocycles. The molecule has 21 heavy (non-hydrogen) atoms. The van der Waals surface area contributed by atoms with Crippen LogP contribution in [-0.2, 0) is 17.8 Å². The monoisotopic (exact) mass is 288 g/mol. The van der Waals surface area contributed by atoms with E-state index in [4.69, 9.17) is 4.74 Å². The van der Waals surface area contributed by atoms with Gasteiger partial charge in [-0.2, -0.15) is 0 Å². The molecule has 0 aliphatic carbocycles. The summed E-state index contributed by atoms with van der Waals surface area (Å²) in [5.41, 5.74) is 2.73. The molecular formula is C18H28N2O. The molecule has 0 fully saturated rings. The Hall–Kier alpha value is -1.32. The summed E-state index contributed by atoms with van der Waals surface area (Å²) in [6, 6.07) is 8.95. The van der Waals surface area contributed by atoms with Gasteiger partial charge in [-0.15, -0.1) is 0 Å². The predicted octanol–water partition coefficient (Wildman–Crippen LogP) is 3.31. The summed E-state index contributed by atoms with van der Waals surface area (Å²) < 4.78 is 5.55. The molecule has 0 saturated heterocycles. The summed E-state index contributed by atoms with van der Waals surface area (Å²) in [4.78, 5) is 2.43. The van der Waals surface area contributed by atoms with Crippen molar-refractivity contribution in [3.8, 4) is 0 Å². The number of hydrogen-bond acceptors (Lipinski definition) is 3. The van der Waals surface area contributed by atoms with Gasteiger partial charge >= 0.3 is 0 Å². The highest BCUT2D eigenvalue weighted by Crippen LogP contribution is 2.10. The molecule has 0 amide bonds. The molecule has 0 radical (unpaired) electrons. The van der Waals surface area contributed by atoms with Crippen LogP contribution in [0.3, 0.4) is 0 Å². The van der Waals surface area contributed by atoms with Gasteiger partial charge in [-0.1, -0.05) is 38.1 Å². The first-order valence-corrected chi connectivity index (χ1v) is 8.13. The van der Waals surface area contributed by atoms with E-state index in [2.05, 4.69) is 54.4 Å². The van der Waals surface area contributed by atoms with Crippen LogP contribution >= 0.6 is 0 Å². The summed E-state index contributed by atoms with van der Waals surface area (Å²) in [5, 5.41) is 3.48. The van der Waals surface area contributed by atoms with Gasteiger partial charge < -0.3 is 10.1 Å². The Labute approximate surface area is 129 Å². The van der Waals surface area contributed by atoms with E-state index in [9.17, 15) is 0 Å². The lowest BCUT2D eigenvalue weighted by Gasteiger charge is -2.20. The number of hydrogen-bond donors (Lipinski definition) is 1. The molecule has 1 unspecified atom stereocenters. The van der Waals surface area contributed by atoms with Crippen molar-refractivity contribution < 1.29 is 4.74 Å². The second kappa shape index (κ2) is 8.85. The first-order valence-electron chi connectivity index (χ1n) is 8.13. The number of rotatable bonds is 8. The number of nitrogens with zero attached hydrogens (tertiary/aromatic N) is 1. The zero-order valence-electron chi connectivity index (χ0n) is 13.3. The summed E-state index contributed by atoms with van der Waals surface area (Å²) in [6.45, 7) is 9.52. The van der Waals surface area contributed by atoms with Gasteiger partial charge in [0.25, 0.3) is 0 Å². The maximum Gasteiger partial charge on any atom is 0.110 e. The van der Waals surface area contributed by atoms with Gasteiger partial charge in [0.05, 0.1) is 6.26 Å². The Kier molecular flexibility index (Phi) is 6.77. The lowest BCUT2D eigenvalue weighted by Crippen LogP contribution is -2.28. The van der Waals surface area contributed by atoms with Crippen LogP contribution in [0.5, 0.6) is 0 Å². The predicted molar refractivity (Wildman–Crippen MR) is 88.0 cm³/mol. The second-order valence-electron chi connectivity index (χ2n) is 5.62. The third-order valence-corrected chi connectivity index (χ3v) is 4.05. The fraction of sp³-hybridized carbons (Fsp3) is 0.556. The highest BCUT2D eigenvalue weighted by Gasteiger charge is 2.09. The van der Waals surface area contributed by atoms with E-state index in [0.29, 0.717) is 6.10 Å². The molecule has 0 saturated carbocycles. The smallest absolute Gasteiger partial charge is 0.110 e. The molecule has 0 bridgehead atoms. The Balaban J connectivity index is 1.73. The lowest BCUT2D eigenvalue weighted by atomic mass is 10.1. The van der Waals surface area contributed by atoms with Gasteiger partial charge in [0, 0.05) is 19.6 Å². The van der Waals surface area contributed by atoms with Crippen LogP contribution in [0.1, 0.15) is 37.8 Å². The summed E-state index contributed by atoms with van der Waals surface area (Å²) in [7, 11) is 0. The molecule has 1 aliphatic heterocycles. The molecule has 0 aromatic heterocycles. The standard InChI is InChI=1S/C18H28N2O/c1-3-20(4-2)15-17-10-8-16(9-11-17)13-19-14-18-7-5-6-12-21-18/h6,8-12,18-19H,3-5,7,13-15H2,1-2H3. The van der Waals surface area contributed by atoms with Crippen LogP contribution in [0.25, 0.3) is 0 Å².